The van der Waals surface area contributed by atoms with E-state index in [9.17, 15) is 18.3 Å². The normalized spacial score (nSPS) is 24.1. The molecule has 1 amide bonds. The molecule has 0 aromatic heterocycles. The van der Waals surface area contributed by atoms with Crippen molar-refractivity contribution in [1.82, 2.24) is 9.62 Å². The number of ether oxygens (including phenoxy) is 2. The number of likely N-dealkylation sites (tertiary alicyclic amines) is 1. The van der Waals surface area contributed by atoms with Crippen molar-refractivity contribution in [1.29, 1.82) is 0 Å². The molecule has 234 valence electrons. The lowest BCUT2D eigenvalue weighted by molar-refractivity contribution is -0.0603. The van der Waals surface area contributed by atoms with Gasteiger partial charge in [-0.3, -0.25) is 4.79 Å². The highest BCUT2D eigenvalue weighted by molar-refractivity contribution is 7.89. The lowest BCUT2D eigenvalue weighted by atomic mass is 9.86. The Morgan fingerprint density at radius 2 is 1.95 bits per heavy atom. The Morgan fingerprint density at radius 3 is 2.73 bits per heavy atom. The van der Waals surface area contributed by atoms with Crippen LogP contribution in [0.5, 0.6) is 11.5 Å². The topological polar surface area (TPSA) is 117 Å². The second kappa shape index (κ2) is 11.6. The van der Waals surface area contributed by atoms with E-state index in [2.05, 4.69) is 35.2 Å². The zero-order valence-corrected chi connectivity index (χ0v) is 26.8. The van der Waals surface area contributed by atoms with Crippen LogP contribution in [0.25, 0.3) is 0 Å². The molecule has 0 radical (unpaired) electrons. The summed E-state index contributed by atoms with van der Waals surface area (Å²) in [6, 6.07) is 14.6. The van der Waals surface area contributed by atoms with E-state index < -0.39 is 27.8 Å². The number of benzene rings is 3. The molecule has 0 aliphatic carbocycles. The lowest BCUT2D eigenvalue weighted by Crippen LogP contribution is -2.53. The smallest absolute Gasteiger partial charge is 0.254 e. The molecule has 0 saturated carbocycles. The Morgan fingerprint density at radius 1 is 1.16 bits per heavy atom. The minimum absolute atomic E-state index is 0.0247. The van der Waals surface area contributed by atoms with Gasteiger partial charge in [0.15, 0.2) is 0 Å². The first kappa shape index (κ1) is 30.7. The van der Waals surface area contributed by atoms with Gasteiger partial charge in [0, 0.05) is 34.9 Å². The molecule has 3 aliphatic rings. The molecule has 3 N–H and O–H groups in total. The quantitative estimate of drug-likeness (QED) is 0.356. The predicted molar refractivity (Wildman–Crippen MR) is 169 cm³/mol. The van der Waals surface area contributed by atoms with Crippen LogP contribution in [0.1, 0.15) is 59.8 Å². The first-order valence-electron chi connectivity index (χ1n) is 14.9. The number of sulfonamides is 1. The van der Waals surface area contributed by atoms with Crippen molar-refractivity contribution in [3.63, 3.8) is 0 Å². The summed E-state index contributed by atoms with van der Waals surface area (Å²) < 4.78 is 41.4. The summed E-state index contributed by atoms with van der Waals surface area (Å²) in [4.78, 5) is 15.8. The van der Waals surface area contributed by atoms with Crippen molar-refractivity contribution in [2.75, 3.05) is 25.5 Å². The number of carbonyl (C=O) groups is 1. The summed E-state index contributed by atoms with van der Waals surface area (Å²) in [6.07, 6.45) is 1.61. The molecule has 3 aromatic rings. The number of aliphatic hydroxyl groups is 1. The van der Waals surface area contributed by atoms with Crippen LogP contribution in [0.4, 0.5) is 5.69 Å². The van der Waals surface area contributed by atoms with E-state index in [1.54, 1.807) is 32.0 Å². The van der Waals surface area contributed by atoms with Crippen LogP contribution in [0, 0.1) is 12.8 Å². The standard InChI is InChI=1S/C33H38ClN3O6S/c1-19-6-5-7-21-9-8-20-14-15-37(25(20)18-35-29(19)21)32(39)22-10-12-26-24(16-22)30(31(38)33(2,3)43-26)36-44(40,41)28-17-23(34)11-13-27(28)42-4/h5-7,10-13,16-17,20,25,30-31,35-36,38H,8-9,14-15,18H2,1-4H3/t20?,25-,30+,31-/m0/s1. The number of aliphatic hydroxyl groups excluding tert-OH is 1. The number of nitrogens with zero attached hydrogens (tertiary/aromatic N) is 1. The molecule has 0 bridgehead atoms. The van der Waals surface area contributed by atoms with Gasteiger partial charge >= 0.3 is 0 Å². The van der Waals surface area contributed by atoms with Crippen LogP contribution in [-0.4, -0.2) is 62.3 Å². The number of anilines is 1. The van der Waals surface area contributed by atoms with Gasteiger partial charge in [-0.1, -0.05) is 29.8 Å². The minimum Gasteiger partial charge on any atom is -0.495 e. The fourth-order valence-corrected chi connectivity index (χ4v) is 8.49. The van der Waals surface area contributed by atoms with Crippen molar-refractivity contribution in [2.45, 2.75) is 68.7 Å². The average Bonchev–Trinajstić information content (AvgIpc) is 3.37. The van der Waals surface area contributed by atoms with Crippen molar-refractivity contribution in [2.24, 2.45) is 5.92 Å². The first-order chi connectivity index (χ1) is 20.9. The van der Waals surface area contributed by atoms with Crippen LogP contribution in [0.3, 0.4) is 0 Å². The number of fused-ring (bicyclic) bond motifs is 3. The predicted octanol–water partition coefficient (Wildman–Crippen LogP) is 5.10. The lowest BCUT2D eigenvalue weighted by Gasteiger charge is -2.42. The summed E-state index contributed by atoms with van der Waals surface area (Å²) >= 11 is 6.13. The van der Waals surface area contributed by atoms with Gasteiger partial charge in [-0.15, -0.1) is 0 Å². The average molecular weight is 640 g/mol. The second-order valence-electron chi connectivity index (χ2n) is 12.4. The number of para-hydroxylation sites is 1. The van der Waals surface area contributed by atoms with Crippen LogP contribution in [-0.2, 0) is 16.4 Å². The number of rotatable bonds is 5. The molecule has 0 spiro atoms. The molecule has 3 aliphatic heterocycles. The summed E-state index contributed by atoms with van der Waals surface area (Å²) in [5.74, 6) is 0.740. The van der Waals surface area contributed by atoms with Crippen molar-refractivity contribution < 1.29 is 27.8 Å². The fourth-order valence-electron chi connectivity index (χ4n) is 6.84. The molecule has 1 unspecified atom stereocenters. The zero-order valence-electron chi connectivity index (χ0n) is 25.3. The maximum absolute atomic E-state index is 14.1. The Kier molecular flexibility index (Phi) is 8.07. The van der Waals surface area contributed by atoms with Gasteiger partial charge in [-0.25, -0.2) is 13.1 Å². The maximum atomic E-state index is 14.1. The Balaban J connectivity index is 1.31. The highest BCUT2D eigenvalue weighted by Gasteiger charge is 2.46. The monoisotopic (exact) mass is 639 g/mol. The molecule has 3 heterocycles. The highest BCUT2D eigenvalue weighted by atomic mass is 35.5. The number of methoxy groups -OCH3 is 1. The second-order valence-corrected chi connectivity index (χ2v) is 14.6. The van der Waals surface area contributed by atoms with Crippen molar-refractivity contribution in [3.8, 4) is 11.5 Å². The summed E-state index contributed by atoms with van der Waals surface area (Å²) in [7, 11) is -2.86. The molecule has 1 saturated heterocycles. The van der Waals surface area contributed by atoms with Crippen molar-refractivity contribution in [3.05, 3.63) is 81.9 Å². The molecular weight excluding hydrogens is 602 g/mol. The van der Waals surface area contributed by atoms with Gasteiger partial charge < -0.3 is 24.8 Å². The number of aryl methyl sites for hydroxylation is 2. The third kappa shape index (κ3) is 5.53. The first-order valence-corrected chi connectivity index (χ1v) is 16.8. The van der Waals surface area contributed by atoms with E-state index in [1.165, 1.54) is 36.4 Å². The van der Waals surface area contributed by atoms with Crippen molar-refractivity contribution >= 4 is 33.2 Å². The van der Waals surface area contributed by atoms with E-state index in [-0.39, 0.29) is 27.6 Å². The summed E-state index contributed by atoms with van der Waals surface area (Å²) in [5.41, 5.74) is 3.32. The van der Waals surface area contributed by atoms with E-state index in [1.807, 2.05) is 4.90 Å². The Labute approximate surface area is 263 Å². The molecule has 44 heavy (non-hydrogen) atoms. The maximum Gasteiger partial charge on any atom is 0.254 e. The van der Waals surface area contributed by atoms with E-state index in [4.69, 9.17) is 21.1 Å². The molecule has 4 atom stereocenters. The van der Waals surface area contributed by atoms with Crippen LogP contribution in [0.2, 0.25) is 5.02 Å². The number of nitrogens with one attached hydrogen (secondary N) is 2. The largest absolute Gasteiger partial charge is 0.495 e. The molecule has 11 heteroatoms. The van der Waals surface area contributed by atoms with E-state index in [0.717, 1.165) is 24.9 Å². The summed E-state index contributed by atoms with van der Waals surface area (Å²) in [6.45, 7) is 6.76. The summed E-state index contributed by atoms with van der Waals surface area (Å²) in [5, 5.41) is 15.2. The van der Waals surface area contributed by atoms with Gasteiger partial charge in [0.05, 0.1) is 19.2 Å². The van der Waals surface area contributed by atoms with Gasteiger partial charge in [0.1, 0.15) is 28.1 Å². The van der Waals surface area contributed by atoms with Gasteiger partial charge in [-0.2, -0.15) is 0 Å². The fraction of sp³-hybridized carbons (Fsp3) is 0.424. The molecule has 3 aromatic carbocycles. The SMILES string of the molecule is COc1ccc(Cl)cc1S(=O)(=O)N[C@@H]1c2cc(C(=O)N3CCC4CCc5cccc(C)c5NC[C@@H]43)ccc2OC(C)(C)[C@H]1O. The molecule has 9 nitrogen and oxygen atoms in total. The number of halogens is 1. The zero-order chi connectivity index (χ0) is 31.4. The highest BCUT2D eigenvalue weighted by Crippen LogP contribution is 2.42. The number of hydrogen-bond acceptors (Lipinski definition) is 7. The molecule has 1 fully saturated rings. The Bertz CT molecular complexity index is 1710. The number of carbonyl (C=O) groups excluding carboxylic acids is 1. The van der Waals surface area contributed by atoms with E-state index in [0.29, 0.717) is 35.9 Å². The van der Waals surface area contributed by atoms with Crippen LogP contribution < -0.4 is 19.5 Å². The third-order valence-electron chi connectivity index (χ3n) is 9.27. The van der Waals surface area contributed by atoms with Crippen LogP contribution >= 0.6 is 11.6 Å². The van der Waals surface area contributed by atoms with Gasteiger partial charge in [0.25, 0.3) is 5.91 Å². The third-order valence-corrected chi connectivity index (χ3v) is 11.0. The van der Waals surface area contributed by atoms with Gasteiger partial charge in [-0.05, 0) is 93.5 Å². The number of hydrogen-bond donors (Lipinski definition) is 3. The van der Waals surface area contributed by atoms with E-state index >= 15 is 0 Å². The molecule has 6 rings (SSSR count). The minimum atomic E-state index is -4.23. The van der Waals surface area contributed by atoms with Crippen LogP contribution in [0.15, 0.2) is 59.5 Å². The molecular formula is C33H38ClN3O6S. The van der Waals surface area contributed by atoms with Gasteiger partial charge in [0.2, 0.25) is 10.0 Å². The Hall–Kier alpha value is -3.31. The number of amides is 1.